The van der Waals surface area contributed by atoms with Crippen molar-refractivity contribution < 1.29 is 0 Å². The van der Waals surface area contributed by atoms with Crippen molar-refractivity contribution in [3.8, 4) is 0 Å². The third kappa shape index (κ3) is 3.12. The second-order valence-electron chi connectivity index (χ2n) is 6.16. The van der Waals surface area contributed by atoms with Gasteiger partial charge in [0.25, 0.3) is 0 Å². The maximum atomic E-state index is 5.93. The van der Waals surface area contributed by atoms with Gasteiger partial charge >= 0.3 is 0 Å². The molecule has 2 rings (SSSR count). The number of rotatable bonds is 2. The molecule has 0 amide bonds. The summed E-state index contributed by atoms with van der Waals surface area (Å²) in [6, 6.07) is 6.54. The van der Waals surface area contributed by atoms with Gasteiger partial charge in [0, 0.05) is 35.7 Å². The van der Waals surface area contributed by atoms with E-state index in [1.54, 1.807) is 0 Å². The lowest BCUT2D eigenvalue weighted by Gasteiger charge is -2.46. The molecule has 1 atom stereocenters. The lowest BCUT2D eigenvalue weighted by molar-refractivity contribution is 0.139. The smallest absolute Gasteiger partial charge is 0.0511 e. The minimum Gasteiger partial charge on any atom is -0.368 e. The predicted molar refractivity (Wildman–Crippen MR) is 85.7 cm³/mol. The predicted octanol–water partition coefficient (Wildman–Crippen LogP) is 3.00. The number of piperazine rings is 1. The van der Waals surface area contributed by atoms with Crippen molar-refractivity contribution in [2.75, 3.05) is 31.6 Å². The number of anilines is 1. The molecule has 1 aliphatic rings. The van der Waals surface area contributed by atoms with Gasteiger partial charge in [-0.25, -0.2) is 0 Å². The average Bonchev–Trinajstić information content (AvgIpc) is 2.32. The normalized spacial score (nSPS) is 21.5. The summed E-state index contributed by atoms with van der Waals surface area (Å²) in [7, 11) is 2.20. The number of nitrogens with zero attached hydrogens (tertiary/aromatic N) is 2. The molecule has 1 heterocycles. The van der Waals surface area contributed by atoms with E-state index in [1.165, 1.54) is 11.3 Å². The molecular weight excluding hydrogens is 302 g/mol. The number of hydrogen-bond acceptors (Lipinski definition) is 3. The molecule has 0 aliphatic carbocycles. The van der Waals surface area contributed by atoms with E-state index in [1.807, 2.05) is 6.92 Å². The molecule has 0 saturated carbocycles. The van der Waals surface area contributed by atoms with E-state index in [4.69, 9.17) is 5.73 Å². The highest BCUT2D eigenvalue weighted by Crippen LogP contribution is 2.32. The van der Waals surface area contributed by atoms with Crippen molar-refractivity contribution in [3.63, 3.8) is 0 Å². The average molecular weight is 326 g/mol. The topological polar surface area (TPSA) is 32.5 Å². The summed E-state index contributed by atoms with van der Waals surface area (Å²) in [5, 5.41) is 0. The van der Waals surface area contributed by atoms with Gasteiger partial charge in [-0.15, -0.1) is 0 Å². The van der Waals surface area contributed by atoms with Crippen LogP contribution in [0, 0.1) is 0 Å². The molecule has 1 aromatic rings. The zero-order valence-corrected chi connectivity index (χ0v) is 13.9. The van der Waals surface area contributed by atoms with Crippen LogP contribution < -0.4 is 10.6 Å². The molecule has 1 aromatic carbocycles. The van der Waals surface area contributed by atoms with Crippen LogP contribution in [-0.4, -0.2) is 37.1 Å². The molecule has 106 valence electrons. The number of hydrogen-bond donors (Lipinski definition) is 1. The van der Waals surface area contributed by atoms with Crippen LogP contribution in [0.2, 0.25) is 0 Å². The number of nitrogens with two attached hydrogens (primary N) is 1. The SMILES string of the molecule is CC(N)c1ccc(N2CCN(C)C(C)(C)C2)c(Br)c1. The van der Waals surface area contributed by atoms with Crippen molar-refractivity contribution in [3.05, 3.63) is 28.2 Å². The summed E-state index contributed by atoms with van der Waals surface area (Å²) >= 11 is 3.69. The van der Waals surface area contributed by atoms with Gasteiger partial charge in [0.15, 0.2) is 0 Å². The Balaban J connectivity index is 2.23. The fraction of sp³-hybridized carbons (Fsp3) is 0.600. The Kier molecular flexibility index (Phi) is 4.23. The molecule has 1 saturated heterocycles. The first-order valence-corrected chi connectivity index (χ1v) is 7.62. The van der Waals surface area contributed by atoms with Crippen molar-refractivity contribution in [2.45, 2.75) is 32.4 Å². The van der Waals surface area contributed by atoms with E-state index in [0.29, 0.717) is 0 Å². The van der Waals surface area contributed by atoms with E-state index in [2.05, 4.69) is 64.8 Å². The molecule has 3 nitrogen and oxygen atoms in total. The van der Waals surface area contributed by atoms with Crippen molar-refractivity contribution >= 4 is 21.6 Å². The Morgan fingerprint density at radius 3 is 2.53 bits per heavy atom. The lowest BCUT2D eigenvalue weighted by Crippen LogP contribution is -2.57. The third-order valence-corrected chi connectivity index (χ3v) is 4.79. The minimum atomic E-state index is 0.0780. The monoisotopic (exact) mass is 325 g/mol. The number of benzene rings is 1. The molecule has 0 bridgehead atoms. The Bertz CT molecular complexity index is 457. The Labute approximate surface area is 124 Å². The van der Waals surface area contributed by atoms with Gasteiger partial charge < -0.3 is 10.6 Å². The van der Waals surface area contributed by atoms with Crippen LogP contribution in [0.3, 0.4) is 0 Å². The Morgan fingerprint density at radius 1 is 1.32 bits per heavy atom. The molecule has 1 unspecified atom stereocenters. The van der Waals surface area contributed by atoms with Crippen LogP contribution in [0.5, 0.6) is 0 Å². The van der Waals surface area contributed by atoms with Gasteiger partial charge in [0.1, 0.15) is 0 Å². The second-order valence-corrected chi connectivity index (χ2v) is 7.01. The van der Waals surface area contributed by atoms with Gasteiger partial charge in [-0.1, -0.05) is 6.07 Å². The highest BCUT2D eigenvalue weighted by atomic mass is 79.9. The zero-order chi connectivity index (χ0) is 14.2. The quantitative estimate of drug-likeness (QED) is 0.907. The summed E-state index contributed by atoms with van der Waals surface area (Å²) in [6.07, 6.45) is 0. The lowest BCUT2D eigenvalue weighted by atomic mass is 9.99. The van der Waals surface area contributed by atoms with Crippen LogP contribution in [0.1, 0.15) is 32.4 Å². The summed E-state index contributed by atoms with van der Waals surface area (Å²) in [4.78, 5) is 4.88. The third-order valence-electron chi connectivity index (χ3n) is 4.15. The van der Waals surface area contributed by atoms with Crippen LogP contribution in [0.15, 0.2) is 22.7 Å². The van der Waals surface area contributed by atoms with E-state index in [9.17, 15) is 0 Å². The van der Waals surface area contributed by atoms with Gasteiger partial charge in [-0.2, -0.15) is 0 Å². The molecular formula is C15H24BrN3. The fourth-order valence-corrected chi connectivity index (χ4v) is 3.16. The van der Waals surface area contributed by atoms with Gasteiger partial charge in [0.2, 0.25) is 0 Å². The van der Waals surface area contributed by atoms with Crippen LogP contribution in [0.25, 0.3) is 0 Å². The van der Waals surface area contributed by atoms with Crippen molar-refractivity contribution in [1.82, 2.24) is 4.90 Å². The van der Waals surface area contributed by atoms with E-state index < -0.39 is 0 Å². The maximum Gasteiger partial charge on any atom is 0.0511 e. The minimum absolute atomic E-state index is 0.0780. The fourth-order valence-electron chi connectivity index (χ4n) is 2.51. The van der Waals surface area contributed by atoms with Gasteiger partial charge in [-0.3, -0.25) is 4.90 Å². The van der Waals surface area contributed by atoms with E-state index in [-0.39, 0.29) is 11.6 Å². The Morgan fingerprint density at radius 2 is 2.00 bits per heavy atom. The van der Waals surface area contributed by atoms with Gasteiger partial charge in [-0.05, 0) is 61.4 Å². The first kappa shape index (κ1) is 14.8. The first-order chi connectivity index (χ1) is 8.81. The summed E-state index contributed by atoms with van der Waals surface area (Å²) < 4.78 is 1.14. The number of likely N-dealkylation sites (N-methyl/N-ethyl adjacent to an activating group) is 1. The molecule has 4 heteroatoms. The molecule has 1 aliphatic heterocycles. The highest BCUT2D eigenvalue weighted by Gasteiger charge is 2.31. The Hall–Kier alpha value is -0.580. The molecule has 0 aromatic heterocycles. The molecule has 2 N–H and O–H groups in total. The maximum absolute atomic E-state index is 5.93. The van der Waals surface area contributed by atoms with Crippen LogP contribution in [-0.2, 0) is 0 Å². The highest BCUT2D eigenvalue weighted by molar-refractivity contribution is 9.10. The number of halogens is 1. The first-order valence-electron chi connectivity index (χ1n) is 6.82. The van der Waals surface area contributed by atoms with Crippen LogP contribution >= 0.6 is 15.9 Å². The van der Waals surface area contributed by atoms with E-state index in [0.717, 1.165) is 24.1 Å². The summed E-state index contributed by atoms with van der Waals surface area (Å²) in [5.74, 6) is 0. The zero-order valence-electron chi connectivity index (χ0n) is 12.3. The standard InChI is InChI=1S/C15H24BrN3/c1-11(17)12-5-6-14(13(16)9-12)19-8-7-18(4)15(2,3)10-19/h5-6,9,11H,7-8,10,17H2,1-4H3. The molecule has 1 fully saturated rings. The van der Waals surface area contributed by atoms with E-state index >= 15 is 0 Å². The van der Waals surface area contributed by atoms with Gasteiger partial charge in [0.05, 0.1) is 5.69 Å². The summed E-state index contributed by atoms with van der Waals surface area (Å²) in [5.41, 5.74) is 8.58. The molecule has 0 spiro atoms. The summed E-state index contributed by atoms with van der Waals surface area (Å²) in [6.45, 7) is 9.80. The van der Waals surface area contributed by atoms with Crippen molar-refractivity contribution in [1.29, 1.82) is 0 Å². The molecule has 19 heavy (non-hydrogen) atoms. The second kappa shape index (κ2) is 5.43. The van der Waals surface area contributed by atoms with Crippen molar-refractivity contribution in [2.24, 2.45) is 5.73 Å². The largest absolute Gasteiger partial charge is 0.368 e. The molecule has 0 radical (unpaired) electrons. The van der Waals surface area contributed by atoms with Crippen LogP contribution in [0.4, 0.5) is 5.69 Å².